The van der Waals surface area contributed by atoms with E-state index in [4.69, 9.17) is 4.74 Å². The maximum Gasteiger partial charge on any atom is 0.323 e. The van der Waals surface area contributed by atoms with E-state index in [0.717, 1.165) is 45.3 Å². The Morgan fingerprint density at radius 1 is 1.46 bits per heavy atom. The van der Waals surface area contributed by atoms with Gasteiger partial charge in [0.05, 0.1) is 6.61 Å². The summed E-state index contributed by atoms with van der Waals surface area (Å²) in [4.78, 5) is 28.3. The fourth-order valence-corrected chi connectivity index (χ4v) is 5.08. The van der Waals surface area contributed by atoms with Gasteiger partial charge in [0.1, 0.15) is 6.04 Å². The van der Waals surface area contributed by atoms with Crippen molar-refractivity contribution in [3.63, 3.8) is 0 Å². The van der Waals surface area contributed by atoms with Crippen molar-refractivity contribution in [3.8, 4) is 0 Å². The van der Waals surface area contributed by atoms with Crippen LogP contribution in [0.4, 0.5) is 0 Å². The van der Waals surface area contributed by atoms with E-state index in [-0.39, 0.29) is 23.3 Å². The van der Waals surface area contributed by atoms with Gasteiger partial charge in [-0.15, -0.1) is 0 Å². The highest BCUT2D eigenvalue weighted by Crippen LogP contribution is 2.57. The van der Waals surface area contributed by atoms with Gasteiger partial charge in [-0.25, -0.2) is 0 Å². The number of piperidine rings is 1. The Morgan fingerprint density at radius 3 is 2.83 bits per heavy atom. The Morgan fingerprint density at radius 2 is 2.25 bits per heavy atom. The van der Waals surface area contributed by atoms with Gasteiger partial charge in [0.25, 0.3) is 0 Å². The third kappa shape index (κ3) is 2.86. The van der Waals surface area contributed by atoms with Crippen molar-refractivity contribution >= 4 is 23.2 Å². The van der Waals surface area contributed by atoms with Crippen LogP contribution in [0.1, 0.15) is 38.2 Å². The molecule has 2 saturated heterocycles. The number of ether oxygens (including phenoxy) is 1. The topological polar surface area (TPSA) is 49.9 Å². The molecule has 5 nitrogen and oxygen atoms in total. The first-order valence-corrected chi connectivity index (χ1v) is 9.72. The van der Waals surface area contributed by atoms with E-state index in [9.17, 15) is 9.59 Å². The third-order valence-electron chi connectivity index (χ3n) is 6.00. The van der Waals surface area contributed by atoms with E-state index in [1.54, 1.807) is 18.3 Å². The summed E-state index contributed by atoms with van der Waals surface area (Å²) in [6, 6.07) is 2.44. The first-order valence-electron chi connectivity index (χ1n) is 8.78. The van der Waals surface area contributed by atoms with Crippen LogP contribution in [-0.4, -0.2) is 53.5 Å². The maximum atomic E-state index is 12.2. The number of amides is 1. The average molecular weight is 348 g/mol. The van der Waals surface area contributed by atoms with Crippen LogP contribution in [0.3, 0.4) is 0 Å². The molecule has 0 N–H and O–H groups in total. The van der Waals surface area contributed by atoms with Crippen molar-refractivity contribution in [2.75, 3.05) is 19.7 Å². The lowest BCUT2D eigenvalue weighted by atomic mass is 9.91. The molecular weight excluding hydrogens is 324 g/mol. The lowest BCUT2D eigenvalue weighted by Gasteiger charge is -2.36. The molecule has 2 atom stereocenters. The molecule has 3 heterocycles. The highest BCUT2D eigenvalue weighted by atomic mass is 32.1. The molecule has 0 radical (unpaired) electrons. The predicted octanol–water partition coefficient (Wildman–Crippen LogP) is 2.27. The summed E-state index contributed by atoms with van der Waals surface area (Å²) in [5.74, 6) is 0.117. The largest absolute Gasteiger partial charge is 0.464 e. The molecule has 0 aromatic carbocycles. The predicted molar refractivity (Wildman–Crippen MR) is 91.6 cm³/mol. The van der Waals surface area contributed by atoms with E-state index in [1.807, 2.05) is 0 Å². The van der Waals surface area contributed by atoms with Gasteiger partial charge in [-0.3, -0.25) is 14.5 Å². The molecule has 1 aliphatic carbocycles. The van der Waals surface area contributed by atoms with Gasteiger partial charge >= 0.3 is 5.97 Å². The highest BCUT2D eigenvalue weighted by molar-refractivity contribution is 7.07. The molecule has 2 aliphatic heterocycles. The van der Waals surface area contributed by atoms with Crippen LogP contribution in [0.25, 0.3) is 0 Å². The molecule has 1 aromatic rings. The van der Waals surface area contributed by atoms with Crippen molar-refractivity contribution in [1.82, 2.24) is 9.80 Å². The molecule has 6 heteroatoms. The molecule has 1 aromatic heterocycles. The average Bonchev–Trinajstić information content (AvgIpc) is 2.96. The van der Waals surface area contributed by atoms with E-state index in [1.165, 1.54) is 5.56 Å². The summed E-state index contributed by atoms with van der Waals surface area (Å²) in [6.45, 7) is 4.86. The normalized spacial score (nSPS) is 28.8. The van der Waals surface area contributed by atoms with Crippen LogP contribution < -0.4 is 0 Å². The zero-order valence-electron chi connectivity index (χ0n) is 14.1. The molecular formula is C18H24N2O3S. The first kappa shape index (κ1) is 16.1. The van der Waals surface area contributed by atoms with Crippen LogP contribution in [-0.2, 0) is 20.9 Å². The third-order valence-corrected chi connectivity index (χ3v) is 6.73. The number of nitrogens with zero attached hydrogens (tertiary/aromatic N) is 2. The molecule has 130 valence electrons. The molecule has 0 bridgehead atoms. The number of rotatable bonds is 4. The summed E-state index contributed by atoms with van der Waals surface area (Å²) in [5, 5.41) is 4.19. The van der Waals surface area contributed by atoms with Crippen molar-refractivity contribution in [2.24, 2.45) is 5.41 Å². The maximum absolute atomic E-state index is 12.2. The molecule has 1 saturated carbocycles. The Balaban J connectivity index is 1.38. The van der Waals surface area contributed by atoms with Crippen molar-refractivity contribution in [3.05, 3.63) is 22.4 Å². The van der Waals surface area contributed by atoms with Gasteiger partial charge in [0, 0.05) is 25.9 Å². The second-order valence-electron chi connectivity index (χ2n) is 7.37. The zero-order valence-corrected chi connectivity index (χ0v) is 14.9. The van der Waals surface area contributed by atoms with Gasteiger partial charge in [-0.2, -0.15) is 11.3 Å². The number of esters is 1. The van der Waals surface area contributed by atoms with Crippen LogP contribution in [0.2, 0.25) is 0 Å². The Labute approximate surface area is 146 Å². The minimum Gasteiger partial charge on any atom is -0.464 e. The van der Waals surface area contributed by atoms with Gasteiger partial charge in [-0.05, 0) is 60.2 Å². The quantitative estimate of drug-likeness (QED) is 0.783. The first-order chi connectivity index (χ1) is 11.6. The number of likely N-dealkylation sites (tertiary alicyclic amines) is 1. The van der Waals surface area contributed by atoms with Crippen LogP contribution in [0, 0.1) is 5.41 Å². The molecule has 3 fully saturated rings. The SMILES string of the molecule is CC(=O)N(Cc1ccsc1)[C@@H]1CC12CCN([C@H]1CCOC1=O)CC2. The van der Waals surface area contributed by atoms with Crippen LogP contribution >= 0.6 is 11.3 Å². The molecule has 0 unspecified atom stereocenters. The van der Waals surface area contributed by atoms with Gasteiger partial charge in [0.2, 0.25) is 5.91 Å². The monoisotopic (exact) mass is 348 g/mol. The minimum atomic E-state index is -0.0545. The minimum absolute atomic E-state index is 0.0331. The lowest BCUT2D eigenvalue weighted by Crippen LogP contribution is -2.46. The van der Waals surface area contributed by atoms with E-state index in [2.05, 4.69) is 26.6 Å². The standard InChI is InChI=1S/C18H24N2O3S/c1-13(21)20(11-14-3-9-24-12-14)16-10-18(16)4-6-19(7-5-18)15-2-8-23-17(15)22/h3,9,12,15-16H,2,4-8,10-11H2,1H3/t15-,16+/m0/s1. The van der Waals surface area contributed by atoms with Gasteiger partial charge in [0.15, 0.2) is 0 Å². The summed E-state index contributed by atoms with van der Waals surface area (Å²) < 4.78 is 5.10. The Hall–Kier alpha value is -1.40. The van der Waals surface area contributed by atoms with Crippen LogP contribution in [0.15, 0.2) is 16.8 Å². The van der Waals surface area contributed by atoms with Crippen molar-refractivity contribution in [2.45, 2.75) is 51.2 Å². The van der Waals surface area contributed by atoms with Gasteiger partial charge < -0.3 is 9.64 Å². The van der Waals surface area contributed by atoms with E-state index >= 15 is 0 Å². The molecule has 4 rings (SSSR count). The number of cyclic esters (lactones) is 1. The smallest absolute Gasteiger partial charge is 0.323 e. The second-order valence-corrected chi connectivity index (χ2v) is 8.15. The van der Waals surface area contributed by atoms with Crippen molar-refractivity contribution in [1.29, 1.82) is 0 Å². The summed E-state index contributed by atoms with van der Waals surface area (Å²) in [5.41, 5.74) is 1.50. The zero-order chi connectivity index (χ0) is 16.7. The lowest BCUT2D eigenvalue weighted by molar-refractivity contribution is -0.142. The highest BCUT2D eigenvalue weighted by Gasteiger charge is 2.58. The molecule has 1 spiro atoms. The van der Waals surface area contributed by atoms with Crippen LogP contribution in [0.5, 0.6) is 0 Å². The Bertz CT molecular complexity index is 622. The number of carbonyl (C=O) groups excluding carboxylic acids is 2. The summed E-state index contributed by atoms with van der Waals surface area (Å²) in [6.07, 6.45) is 4.09. The van der Waals surface area contributed by atoms with Crippen molar-refractivity contribution < 1.29 is 14.3 Å². The summed E-state index contributed by atoms with van der Waals surface area (Å²) >= 11 is 1.68. The van der Waals surface area contributed by atoms with E-state index < -0.39 is 0 Å². The Kier molecular flexibility index (Phi) is 4.12. The van der Waals surface area contributed by atoms with E-state index in [0.29, 0.717) is 12.6 Å². The number of hydrogen-bond donors (Lipinski definition) is 0. The number of hydrogen-bond acceptors (Lipinski definition) is 5. The number of carbonyl (C=O) groups is 2. The fraction of sp³-hybridized carbons (Fsp3) is 0.667. The summed E-state index contributed by atoms with van der Waals surface area (Å²) in [7, 11) is 0. The molecule has 1 amide bonds. The number of thiophene rings is 1. The second kappa shape index (κ2) is 6.15. The fourth-order valence-electron chi connectivity index (χ4n) is 4.42. The van der Waals surface area contributed by atoms with Gasteiger partial charge in [-0.1, -0.05) is 0 Å². The molecule has 3 aliphatic rings. The molecule has 24 heavy (non-hydrogen) atoms.